The summed E-state index contributed by atoms with van der Waals surface area (Å²) in [7, 11) is 0. The summed E-state index contributed by atoms with van der Waals surface area (Å²) in [5.74, 6) is 0. The van der Waals surface area contributed by atoms with E-state index in [1.165, 1.54) is 23.9 Å². The Balaban J connectivity index is 0.000000461. The van der Waals surface area contributed by atoms with Gasteiger partial charge in [-0.1, -0.05) is 33.8 Å². The van der Waals surface area contributed by atoms with E-state index in [1.807, 2.05) is 34.0 Å². The molecule has 1 aliphatic heterocycles. The molecule has 1 saturated heterocycles. The molecule has 0 radical (unpaired) electrons. The van der Waals surface area contributed by atoms with Crippen LogP contribution in [0.1, 0.15) is 52.1 Å². The number of piperidine rings is 1. The Morgan fingerprint density at radius 2 is 1.75 bits per heavy atom. The van der Waals surface area contributed by atoms with Crippen LogP contribution in [-0.2, 0) is 0 Å². The van der Waals surface area contributed by atoms with Crippen molar-refractivity contribution in [1.82, 2.24) is 14.9 Å². The van der Waals surface area contributed by atoms with E-state index in [-0.39, 0.29) is 0 Å². The van der Waals surface area contributed by atoms with E-state index < -0.39 is 0 Å². The Bertz CT molecular complexity index is 496. The van der Waals surface area contributed by atoms with Crippen molar-refractivity contribution < 1.29 is 0 Å². The maximum atomic E-state index is 4.48. The van der Waals surface area contributed by atoms with Gasteiger partial charge in [-0.25, -0.2) is 4.98 Å². The average Bonchev–Trinajstić information content (AvgIpc) is 2.95. The van der Waals surface area contributed by atoms with Gasteiger partial charge in [0.05, 0.1) is 17.4 Å². The van der Waals surface area contributed by atoms with Crippen molar-refractivity contribution in [1.29, 1.82) is 0 Å². The molecule has 3 heteroatoms. The summed E-state index contributed by atoms with van der Waals surface area (Å²) in [5.41, 5.74) is 3.71. The molecule has 3 rings (SSSR count). The van der Waals surface area contributed by atoms with E-state index in [1.54, 1.807) is 0 Å². The number of rotatable bonds is 1. The highest BCUT2D eigenvalue weighted by atomic mass is 15.1. The number of nitrogens with zero attached hydrogens (tertiary/aromatic N) is 2. The lowest BCUT2D eigenvalue weighted by atomic mass is 10.1. The van der Waals surface area contributed by atoms with Crippen molar-refractivity contribution in [3.63, 3.8) is 0 Å². The summed E-state index contributed by atoms with van der Waals surface area (Å²) >= 11 is 0. The van der Waals surface area contributed by atoms with E-state index in [0.29, 0.717) is 6.04 Å². The Morgan fingerprint density at radius 1 is 1.10 bits per heavy atom. The normalized spacial score (nSPS) is 15.1. The van der Waals surface area contributed by atoms with E-state index in [4.69, 9.17) is 0 Å². The van der Waals surface area contributed by atoms with Gasteiger partial charge in [0.1, 0.15) is 0 Å². The van der Waals surface area contributed by atoms with Crippen molar-refractivity contribution in [2.24, 2.45) is 0 Å². The first-order valence-corrected chi connectivity index (χ1v) is 7.98. The van der Waals surface area contributed by atoms with Crippen molar-refractivity contribution in [2.45, 2.75) is 53.5 Å². The first-order chi connectivity index (χ1) is 9.84. The molecule has 2 aromatic rings. The summed E-state index contributed by atoms with van der Waals surface area (Å²) in [4.78, 5) is 4.48. The third kappa shape index (κ3) is 3.83. The Labute approximate surface area is 123 Å². The minimum atomic E-state index is 0.619. The molecule has 0 atom stereocenters. The fourth-order valence-electron chi connectivity index (χ4n) is 2.51. The highest BCUT2D eigenvalue weighted by Gasteiger charge is 2.16. The van der Waals surface area contributed by atoms with E-state index in [2.05, 4.69) is 40.0 Å². The second-order valence-corrected chi connectivity index (χ2v) is 4.63. The molecule has 1 aromatic heterocycles. The Hall–Kier alpha value is -1.35. The van der Waals surface area contributed by atoms with Crippen molar-refractivity contribution in [3.05, 3.63) is 30.1 Å². The molecule has 0 saturated carbocycles. The maximum absolute atomic E-state index is 4.48. The zero-order chi connectivity index (χ0) is 15.0. The molecule has 0 unspecified atom stereocenters. The number of hydrogen-bond donors (Lipinski definition) is 1. The zero-order valence-electron chi connectivity index (χ0n) is 13.6. The van der Waals surface area contributed by atoms with E-state index in [9.17, 15) is 0 Å². The van der Waals surface area contributed by atoms with Gasteiger partial charge in [-0.3, -0.25) is 0 Å². The predicted octanol–water partition coefficient (Wildman–Crippen LogP) is 4.32. The monoisotopic (exact) mass is 275 g/mol. The summed E-state index contributed by atoms with van der Waals surface area (Å²) in [5, 5.41) is 3.40. The second kappa shape index (κ2) is 8.75. The van der Waals surface area contributed by atoms with Gasteiger partial charge in [-0.2, -0.15) is 0 Å². The molecular formula is C17H29N3. The topological polar surface area (TPSA) is 29.9 Å². The molecule has 1 aromatic carbocycles. The molecule has 2 heterocycles. The van der Waals surface area contributed by atoms with Gasteiger partial charge in [0, 0.05) is 6.04 Å². The third-order valence-electron chi connectivity index (χ3n) is 3.43. The molecule has 1 N–H and O–H groups in total. The summed E-state index contributed by atoms with van der Waals surface area (Å²) in [6.07, 6.45) is 4.42. The molecule has 0 amide bonds. The lowest BCUT2D eigenvalue weighted by Crippen LogP contribution is -2.29. The van der Waals surface area contributed by atoms with Crippen molar-refractivity contribution >= 4 is 11.0 Å². The smallest absolute Gasteiger partial charge is 0.0960 e. The first-order valence-electron chi connectivity index (χ1n) is 7.98. The minimum absolute atomic E-state index is 0.619. The molecule has 0 bridgehead atoms. The van der Waals surface area contributed by atoms with Crippen LogP contribution in [0.5, 0.6) is 0 Å². The van der Waals surface area contributed by atoms with Gasteiger partial charge in [-0.15, -0.1) is 0 Å². The second-order valence-electron chi connectivity index (χ2n) is 4.63. The number of benzene rings is 1. The fourth-order valence-corrected chi connectivity index (χ4v) is 2.51. The zero-order valence-corrected chi connectivity index (χ0v) is 13.6. The number of fused-ring (bicyclic) bond motifs is 1. The molecule has 1 aliphatic rings. The van der Waals surface area contributed by atoms with E-state index >= 15 is 0 Å². The average molecular weight is 275 g/mol. The highest BCUT2D eigenvalue weighted by Crippen LogP contribution is 2.24. The molecule has 1 fully saturated rings. The lowest BCUT2D eigenvalue weighted by molar-refractivity contribution is 0.374. The standard InChI is InChI=1S/C13H17N3.2C2H6/c1-10-2-3-12-13(8-10)16(9-15-12)11-4-6-14-7-5-11;2*1-2/h2-3,8-9,11,14H,4-7H2,1H3;2*1-2H3. The van der Waals surface area contributed by atoms with Gasteiger partial charge in [0.15, 0.2) is 0 Å². The number of aryl methyl sites for hydroxylation is 1. The van der Waals surface area contributed by atoms with Crippen LogP contribution < -0.4 is 5.32 Å². The van der Waals surface area contributed by atoms with Gasteiger partial charge in [0.25, 0.3) is 0 Å². The molecule has 20 heavy (non-hydrogen) atoms. The quantitative estimate of drug-likeness (QED) is 0.840. The van der Waals surface area contributed by atoms with Crippen LogP contribution >= 0.6 is 0 Å². The predicted molar refractivity (Wildman–Crippen MR) is 88.3 cm³/mol. The van der Waals surface area contributed by atoms with Crippen LogP contribution in [-0.4, -0.2) is 22.6 Å². The molecule has 112 valence electrons. The van der Waals surface area contributed by atoms with Crippen LogP contribution in [0.4, 0.5) is 0 Å². The van der Waals surface area contributed by atoms with Crippen LogP contribution in [0.25, 0.3) is 11.0 Å². The summed E-state index contributed by atoms with van der Waals surface area (Å²) in [6, 6.07) is 7.10. The SMILES string of the molecule is CC.CC.Cc1ccc2ncn(C3CCNCC3)c2c1. The largest absolute Gasteiger partial charge is 0.327 e. The molecule has 0 spiro atoms. The van der Waals surface area contributed by atoms with Crippen molar-refractivity contribution in [2.75, 3.05) is 13.1 Å². The van der Waals surface area contributed by atoms with Gasteiger partial charge >= 0.3 is 0 Å². The summed E-state index contributed by atoms with van der Waals surface area (Å²) < 4.78 is 2.35. The van der Waals surface area contributed by atoms with Gasteiger partial charge in [-0.05, 0) is 50.6 Å². The van der Waals surface area contributed by atoms with E-state index in [0.717, 1.165) is 18.6 Å². The minimum Gasteiger partial charge on any atom is -0.327 e. The van der Waals surface area contributed by atoms with Gasteiger partial charge in [0.2, 0.25) is 0 Å². The third-order valence-corrected chi connectivity index (χ3v) is 3.43. The van der Waals surface area contributed by atoms with Crippen LogP contribution in [0.15, 0.2) is 24.5 Å². The van der Waals surface area contributed by atoms with Crippen LogP contribution in [0, 0.1) is 6.92 Å². The number of nitrogens with one attached hydrogen (secondary N) is 1. The van der Waals surface area contributed by atoms with Crippen LogP contribution in [0.2, 0.25) is 0 Å². The van der Waals surface area contributed by atoms with Crippen molar-refractivity contribution in [3.8, 4) is 0 Å². The number of imidazole rings is 1. The first kappa shape index (κ1) is 16.7. The molecular weight excluding hydrogens is 246 g/mol. The van der Waals surface area contributed by atoms with Gasteiger partial charge < -0.3 is 9.88 Å². The number of aromatic nitrogens is 2. The Morgan fingerprint density at radius 3 is 2.40 bits per heavy atom. The highest BCUT2D eigenvalue weighted by molar-refractivity contribution is 5.76. The molecule has 0 aliphatic carbocycles. The maximum Gasteiger partial charge on any atom is 0.0960 e. The fraction of sp³-hybridized carbons (Fsp3) is 0.588. The summed E-state index contributed by atoms with van der Waals surface area (Å²) in [6.45, 7) is 12.4. The lowest BCUT2D eigenvalue weighted by Gasteiger charge is -2.24. The van der Waals surface area contributed by atoms with Crippen LogP contribution in [0.3, 0.4) is 0 Å². The Kier molecular flexibility index (Phi) is 7.31. The number of hydrogen-bond acceptors (Lipinski definition) is 2. The molecule has 3 nitrogen and oxygen atoms in total.